The van der Waals surface area contributed by atoms with Crippen LogP contribution in [0.25, 0.3) is 0 Å². The molecule has 3 fully saturated rings. The van der Waals surface area contributed by atoms with Gasteiger partial charge in [-0.3, -0.25) is 19.2 Å². The SMILES string of the molecule is CC[C@H](C)NC(=O)CCC(=O)OCC(=O)[C@@]1(O)CC[C@H]2[C@H]3CCC4=CC(=O)CC[C@]4(C)[C@@H]3[C@@H](O)C[C@@]21C. The summed E-state index contributed by atoms with van der Waals surface area (Å²) >= 11 is 0. The molecule has 0 spiro atoms. The summed E-state index contributed by atoms with van der Waals surface area (Å²) in [6.07, 6.45) is 5.82. The Morgan fingerprint density at radius 1 is 1.16 bits per heavy atom. The first-order valence-electron chi connectivity index (χ1n) is 14.0. The Labute approximate surface area is 219 Å². The van der Waals surface area contributed by atoms with Crippen molar-refractivity contribution >= 4 is 23.4 Å². The average molecular weight is 518 g/mol. The minimum Gasteiger partial charge on any atom is -0.458 e. The molecule has 0 aromatic carbocycles. The Bertz CT molecular complexity index is 991. The van der Waals surface area contributed by atoms with Crippen LogP contribution < -0.4 is 5.32 Å². The van der Waals surface area contributed by atoms with Crippen molar-refractivity contribution in [3.63, 3.8) is 0 Å². The molecule has 8 atom stereocenters. The number of hydrogen-bond acceptors (Lipinski definition) is 7. The van der Waals surface area contributed by atoms with E-state index in [2.05, 4.69) is 12.2 Å². The van der Waals surface area contributed by atoms with Crippen LogP contribution in [0.5, 0.6) is 0 Å². The highest BCUT2D eigenvalue weighted by molar-refractivity contribution is 5.92. The average Bonchev–Trinajstić information content (AvgIpc) is 3.12. The molecule has 4 aliphatic rings. The lowest BCUT2D eigenvalue weighted by atomic mass is 9.45. The number of rotatable bonds is 8. The largest absolute Gasteiger partial charge is 0.458 e. The zero-order chi connectivity index (χ0) is 27.2. The Morgan fingerprint density at radius 2 is 1.89 bits per heavy atom. The number of hydrogen-bond donors (Lipinski definition) is 3. The summed E-state index contributed by atoms with van der Waals surface area (Å²) in [6.45, 7) is 7.37. The van der Waals surface area contributed by atoms with Crippen molar-refractivity contribution < 1.29 is 34.1 Å². The maximum atomic E-state index is 13.3. The van der Waals surface area contributed by atoms with Crippen LogP contribution in [0.15, 0.2) is 11.6 Å². The number of aliphatic hydroxyl groups is 2. The van der Waals surface area contributed by atoms with Gasteiger partial charge >= 0.3 is 5.97 Å². The first-order chi connectivity index (χ1) is 17.4. The molecule has 37 heavy (non-hydrogen) atoms. The van der Waals surface area contributed by atoms with Gasteiger partial charge in [0.05, 0.1) is 12.5 Å². The van der Waals surface area contributed by atoms with E-state index >= 15 is 0 Å². The Balaban J connectivity index is 1.41. The number of carbonyl (C=O) groups excluding carboxylic acids is 4. The van der Waals surface area contributed by atoms with Crippen molar-refractivity contribution in [2.75, 3.05) is 6.61 Å². The van der Waals surface area contributed by atoms with Crippen LogP contribution in [0.2, 0.25) is 0 Å². The molecule has 3 N–H and O–H groups in total. The fourth-order valence-corrected chi connectivity index (χ4v) is 8.15. The van der Waals surface area contributed by atoms with Crippen LogP contribution in [0.4, 0.5) is 0 Å². The van der Waals surface area contributed by atoms with Gasteiger partial charge in [0.1, 0.15) is 5.60 Å². The van der Waals surface area contributed by atoms with E-state index in [1.807, 2.05) is 20.8 Å². The lowest BCUT2D eigenvalue weighted by Crippen LogP contribution is -2.62. The van der Waals surface area contributed by atoms with E-state index < -0.39 is 35.5 Å². The van der Waals surface area contributed by atoms with E-state index in [0.29, 0.717) is 19.3 Å². The highest BCUT2D eigenvalue weighted by Gasteiger charge is 2.68. The molecule has 0 radical (unpaired) electrons. The van der Waals surface area contributed by atoms with Gasteiger partial charge in [-0.05, 0) is 81.1 Å². The van der Waals surface area contributed by atoms with Gasteiger partial charge in [0.25, 0.3) is 0 Å². The zero-order valence-electron chi connectivity index (χ0n) is 22.7. The number of esters is 1. The lowest BCUT2D eigenvalue weighted by Gasteiger charge is -2.60. The number of ether oxygens (including phenoxy) is 1. The molecule has 0 bridgehead atoms. The maximum Gasteiger partial charge on any atom is 0.306 e. The third-order valence-corrected chi connectivity index (χ3v) is 10.4. The molecule has 3 saturated carbocycles. The summed E-state index contributed by atoms with van der Waals surface area (Å²) < 4.78 is 5.19. The van der Waals surface area contributed by atoms with Crippen molar-refractivity contribution in [1.29, 1.82) is 0 Å². The number of nitrogens with one attached hydrogen (secondary N) is 1. The second kappa shape index (κ2) is 10.3. The van der Waals surface area contributed by atoms with Gasteiger partial charge in [-0.15, -0.1) is 0 Å². The number of fused-ring (bicyclic) bond motifs is 5. The first kappa shape index (κ1) is 28.0. The number of ketones is 2. The van der Waals surface area contributed by atoms with E-state index in [-0.39, 0.29) is 60.2 Å². The summed E-state index contributed by atoms with van der Waals surface area (Å²) in [4.78, 5) is 49.5. The quantitative estimate of drug-likeness (QED) is 0.422. The summed E-state index contributed by atoms with van der Waals surface area (Å²) in [5, 5.41) is 26.0. The number of allylic oxidation sites excluding steroid dienone is 1. The normalized spacial score (nSPS) is 39.5. The standard InChI is InChI=1S/C29H43NO7/c1-5-17(2)30-24(34)8-9-25(35)37-16-23(33)29(36)13-11-21-20-7-6-18-14-19(31)10-12-27(18,3)26(20)22(32)15-28(21,29)4/h14,17,20-22,26,32,36H,5-13,15-16H2,1-4H3,(H,30,34)/t17-,20+,21-,22-,26-,27-,28-,29-/m0/s1. The van der Waals surface area contributed by atoms with Gasteiger partial charge < -0.3 is 20.3 Å². The highest BCUT2D eigenvalue weighted by Crippen LogP contribution is 2.67. The van der Waals surface area contributed by atoms with Gasteiger partial charge in [-0.25, -0.2) is 0 Å². The molecular formula is C29H43NO7. The van der Waals surface area contributed by atoms with Crippen LogP contribution in [-0.2, 0) is 23.9 Å². The molecular weight excluding hydrogens is 474 g/mol. The third kappa shape index (κ3) is 4.80. The number of aliphatic hydroxyl groups excluding tert-OH is 1. The molecule has 1 amide bonds. The van der Waals surface area contributed by atoms with E-state index in [9.17, 15) is 29.4 Å². The molecule has 206 valence electrons. The topological polar surface area (TPSA) is 130 Å². The monoisotopic (exact) mass is 517 g/mol. The van der Waals surface area contributed by atoms with Gasteiger partial charge in [-0.2, -0.15) is 0 Å². The van der Waals surface area contributed by atoms with Crippen LogP contribution in [-0.4, -0.2) is 58.0 Å². The second-order valence-electron chi connectivity index (χ2n) is 12.4. The summed E-state index contributed by atoms with van der Waals surface area (Å²) in [5.74, 6) is -1.06. The van der Waals surface area contributed by atoms with Gasteiger partial charge in [0, 0.05) is 24.3 Å². The fourth-order valence-electron chi connectivity index (χ4n) is 8.15. The predicted molar refractivity (Wildman–Crippen MR) is 136 cm³/mol. The van der Waals surface area contributed by atoms with Crippen LogP contribution in [0.1, 0.15) is 91.9 Å². The Kier molecular flexibility index (Phi) is 7.75. The molecule has 8 nitrogen and oxygen atoms in total. The summed E-state index contributed by atoms with van der Waals surface area (Å²) in [6, 6.07) is 0.0239. The highest BCUT2D eigenvalue weighted by atomic mass is 16.5. The molecule has 4 rings (SSSR count). The van der Waals surface area contributed by atoms with E-state index in [0.717, 1.165) is 31.3 Å². The van der Waals surface area contributed by atoms with Crippen LogP contribution >= 0.6 is 0 Å². The van der Waals surface area contributed by atoms with Crippen molar-refractivity contribution in [2.24, 2.45) is 28.6 Å². The molecule has 0 heterocycles. The van der Waals surface area contributed by atoms with Crippen molar-refractivity contribution in [3.8, 4) is 0 Å². The smallest absolute Gasteiger partial charge is 0.306 e. The summed E-state index contributed by atoms with van der Waals surface area (Å²) in [7, 11) is 0. The first-order valence-corrected chi connectivity index (χ1v) is 14.0. The molecule has 0 unspecified atom stereocenters. The lowest BCUT2D eigenvalue weighted by molar-refractivity contribution is -0.184. The Morgan fingerprint density at radius 3 is 2.59 bits per heavy atom. The molecule has 0 aromatic heterocycles. The van der Waals surface area contributed by atoms with Gasteiger partial charge in [0.15, 0.2) is 12.4 Å². The molecule has 8 heteroatoms. The maximum absolute atomic E-state index is 13.3. The van der Waals surface area contributed by atoms with Crippen molar-refractivity contribution in [1.82, 2.24) is 5.32 Å². The number of amides is 1. The predicted octanol–water partition coefficient (Wildman–Crippen LogP) is 3.03. The molecule has 0 aromatic rings. The van der Waals surface area contributed by atoms with Crippen LogP contribution in [0.3, 0.4) is 0 Å². The molecule has 0 aliphatic heterocycles. The van der Waals surface area contributed by atoms with Gasteiger partial charge in [0.2, 0.25) is 11.7 Å². The Hall–Kier alpha value is -2.06. The van der Waals surface area contributed by atoms with E-state index in [4.69, 9.17) is 4.74 Å². The molecule has 0 saturated heterocycles. The molecule has 4 aliphatic carbocycles. The second-order valence-corrected chi connectivity index (χ2v) is 12.4. The minimum atomic E-state index is -1.68. The summed E-state index contributed by atoms with van der Waals surface area (Å²) in [5.41, 5.74) is -1.60. The fraction of sp³-hybridized carbons (Fsp3) is 0.793. The van der Waals surface area contributed by atoms with Gasteiger partial charge in [-0.1, -0.05) is 26.3 Å². The third-order valence-electron chi connectivity index (χ3n) is 10.4. The van der Waals surface area contributed by atoms with Crippen LogP contribution in [0, 0.1) is 28.6 Å². The zero-order valence-corrected chi connectivity index (χ0v) is 22.7. The number of Topliss-reactive ketones (excluding diaryl/α,β-unsaturated/α-hetero) is 1. The van der Waals surface area contributed by atoms with E-state index in [1.54, 1.807) is 6.08 Å². The minimum absolute atomic E-state index is 0.00414. The van der Waals surface area contributed by atoms with Crippen molar-refractivity contribution in [2.45, 2.75) is 110 Å². The number of carbonyl (C=O) groups is 4. The van der Waals surface area contributed by atoms with E-state index in [1.165, 1.54) is 0 Å². The van der Waals surface area contributed by atoms with Crippen molar-refractivity contribution in [3.05, 3.63) is 11.6 Å².